The Morgan fingerprint density at radius 3 is 3.00 bits per heavy atom. The van der Waals surface area contributed by atoms with Crippen LogP contribution in [0.3, 0.4) is 0 Å². The zero-order chi connectivity index (χ0) is 16.4. The SMILES string of the molecule is O=C(/C=C/c1ccco1)Nc1ccc2nc(-c3cccs3)[nH]c2c1. The average molecular weight is 335 g/mol. The third-order valence-electron chi connectivity index (χ3n) is 3.45. The van der Waals surface area contributed by atoms with Gasteiger partial charge < -0.3 is 14.7 Å². The summed E-state index contributed by atoms with van der Waals surface area (Å²) in [6.45, 7) is 0. The third kappa shape index (κ3) is 3.00. The van der Waals surface area contributed by atoms with Crippen molar-refractivity contribution in [3.63, 3.8) is 0 Å². The van der Waals surface area contributed by atoms with Gasteiger partial charge in [0.25, 0.3) is 0 Å². The summed E-state index contributed by atoms with van der Waals surface area (Å²) in [6, 6.07) is 13.2. The molecule has 4 aromatic rings. The van der Waals surface area contributed by atoms with E-state index < -0.39 is 0 Å². The lowest BCUT2D eigenvalue weighted by Crippen LogP contribution is -2.07. The number of furan rings is 1. The maximum atomic E-state index is 12.0. The molecule has 24 heavy (non-hydrogen) atoms. The van der Waals surface area contributed by atoms with Crippen molar-refractivity contribution in [2.75, 3.05) is 5.32 Å². The van der Waals surface area contributed by atoms with E-state index in [2.05, 4.69) is 15.3 Å². The van der Waals surface area contributed by atoms with Crippen molar-refractivity contribution in [2.45, 2.75) is 0 Å². The van der Waals surface area contributed by atoms with Crippen LogP contribution in [0.4, 0.5) is 5.69 Å². The predicted octanol–water partition coefficient (Wildman–Crippen LogP) is 4.54. The molecule has 1 aromatic carbocycles. The number of anilines is 1. The number of fused-ring (bicyclic) bond motifs is 1. The Hall–Kier alpha value is -3.12. The van der Waals surface area contributed by atoms with Crippen molar-refractivity contribution >= 4 is 40.0 Å². The largest absolute Gasteiger partial charge is 0.465 e. The second-order valence-electron chi connectivity index (χ2n) is 5.13. The quantitative estimate of drug-likeness (QED) is 0.538. The van der Waals surface area contributed by atoms with Gasteiger partial charge in [0.2, 0.25) is 5.91 Å². The number of rotatable bonds is 4. The molecule has 4 rings (SSSR count). The fraction of sp³-hybridized carbons (Fsp3) is 0. The number of hydrogen-bond acceptors (Lipinski definition) is 4. The normalized spacial score (nSPS) is 11.3. The summed E-state index contributed by atoms with van der Waals surface area (Å²) in [5.41, 5.74) is 2.45. The molecular formula is C18H13N3O2S. The molecule has 0 aliphatic heterocycles. The first-order valence-corrected chi connectivity index (χ1v) is 8.22. The zero-order valence-corrected chi connectivity index (χ0v) is 13.3. The first-order valence-electron chi connectivity index (χ1n) is 7.34. The molecule has 1 amide bonds. The molecule has 3 aromatic heterocycles. The Morgan fingerprint density at radius 2 is 2.21 bits per heavy atom. The van der Waals surface area contributed by atoms with Crippen molar-refractivity contribution in [2.24, 2.45) is 0 Å². The Bertz CT molecular complexity index is 998. The highest BCUT2D eigenvalue weighted by Gasteiger charge is 2.07. The van der Waals surface area contributed by atoms with E-state index in [9.17, 15) is 4.79 Å². The van der Waals surface area contributed by atoms with Crippen LogP contribution in [0.5, 0.6) is 0 Å². The van der Waals surface area contributed by atoms with E-state index in [0.29, 0.717) is 11.4 Å². The molecule has 0 atom stereocenters. The molecule has 2 N–H and O–H groups in total. The molecular weight excluding hydrogens is 322 g/mol. The summed E-state index contributed by atoms with van der Waals surface area (Å²) in [5.74, 6) is 1.25. The molecule has 0 aliphatic rings. The van der Waals surface area contributed by atoms with Gasteiger partial charge in [-0.25, -0.2) is 4.98 Å². The minimum atomic E-state index is -0.219. The summed E-state index contributed by atoms with van der Waals surface area (Å²) in [7, 11) is 0. The van der Waals surface area contributed by atoms with Crippen LogP contribution in [0.2, 0.25) is 0 Å². The summed E-state index contributed by atoms with van der Waals surface area (Å²) in [6.07, 6.45) is 4.63. The second-order valence-corrected chi connectivity index (χ2v) is 6.08. The van der Waals surface area contributed by atoms with Gasteiger partial charge in [-0.15, -0.1) is 11.3 Å². The number of imidazole rings is 1. The van der Waals surface area contributed by atoms with Crippen molar-refractivity contribution < 1.29 is 9.21 Å². The van der Waals surface area contributed by atoms with Gasteiger partial charge >= 0.3 is 0 Å². The highest BCUT2D eigenvalue weighted by atomic mass is 32.1. The molecule has 3 heterocycles. The fourth-order valence-corrected chi connectivity index (χ4v) is 3.01. The number of H-pyrrole nitrogens is 1. The Kier molecular flexibility index (Phi) is 3.72. The van der Waals surface area contributed by atoms with Crippen molar-refractivity contribution in [1.82, 2.24) is 9.97 Å². The molecule has 118 valence electrons. The highest BCUT2D eigenvalue weighted by Crippen LogP contribution is 2.25. The molecule has 0 saturated carbocycles. The number of nitrogens with zero attached hydrogens (tertiary/aromatic N) is 1. The van der Waals surface area contributed by atoms with Crippen LogP contribution >= 0.6 is 11.3 Å². The molecule has 0 saturated heterocycles. The first-order chi connectivity index (χ1) is 11.8. The summed E-state index contributed by atoms with van der Waals surface area (Å²) >= 11 is 1.63. The molecule has 0 radical (unpaired) electrons. The van der Waals surface area contributed by atoms with E-state index in [0.717, 1.165) is 21.7 Å². The van der Waals surface area contributed by atoms with E-state index in [1.54, 1.807) is 35.8 Å². The van der Waals surface area contributed by atoms with E-state index >= 15 is 0 Å². The fourth-order valence-electron chi connectivity index (χ4n) is 2.35. The van der Waals surface area contributed by atoms with Crippen LogP contribution in [0.1, 0.15) is 5.76 Å². The molecule has 0 unspecified atom stereocenters. The number of amides is 1. The minimum absolute atomic E-state index is 0.219. The van der Waals surface area contributed by atoms with Crippen LogP contribution in [0, 0.1) is 0 Å². The summed E-state index contributed by atoms with van der Waals surface area (Å²) < 4.78 is 5.15. The lowest BCUT2D eigenvalue weighted by atomic mass is 10.2. The molecule has 0 aliphatic carbocycles. The van der Waals surface area contributed by atoms with E-state index in [4.69, 9.17) is 4.42 Å². The zero-order valence-electron chi connectivity index (χ0n) is 12.5. The standard InChI is InChI=1S/C18H13N3O2S/c22-17(8-6-13-3-1-9-23-13)19-12-5-7-14-15(11-12)21-18(20-14)16-4-2-10-24-16/h1-11H,(H,19,22)(H,20,21)/b8-6+. The van der Waals surface area contributed by atoms with Crippen LogP contribution in [0.15, 0.2) is 64.6 Å². The Labute approximate surface area is 141 Å². The number of thiophene rings is 1. The Balaban J connectivity index is 1.53. The summed E-state index contributed by atoms with van der Waals surface area (Å²) in [5, 5.41) is 4.84. The molecule has 6 heteroatoms. The number of aromatic nitrogens is 2. The average Bonchev–Trinajstić information content (AvgIpc) is 3.32. The van der Waals surface area contributed by atoms with Gasteiger partial charge in [0, 0.05) is 11.8 Å². The topological polar surface area (TPSA) is 70.9 Å². The predicted molar refractivity (Wildman–Crippen MR) is 95.8 cm³/mol. The van der Waals surface area contributed by atoms with Crippen molar-refractivity contribution in [3.8, 4) is 10.7 Å². The number of carbonyl (C=O) groups excluding carboxylic acids is 1. The van der Waals surface area contributed by atoms with Gasteiger partial charge in [-0.2, -0.15) is 0 Å². The monoisotopic (exact) mass is 335 g/mol. The van der Waals surface area contributed by atoms with Crippen molar-refractivity contribution in [3.05, 3.63) is 65.9 Å². The Morgan fingerprint density at radius 1 is 1.25 bits per heavy atom. The molecule has 5 nitrogen and oxygen atoms in total. The van der Waals surface area contributed by atoms with Gasteiger partial charge in [0.05, 0.1) is 22.2 Å². The van der Waals surface area contributed by atoms with Gasteiger partial charge in [-0.3, -0.25) is 4.79 Å². The van der Waals surface area contributed by atoms with Crippen molar-refractivity contribution in [1.29, 1.82) is 0 Å². The maximum absolute atomic E-state index is 12.0. The lowest BCUT2D eigenvalue weighted by Gasteiger charge is -2.01. The molecule has 0 bridgehead atoms. The van der Waals surface area contributed by atoms with E-state index in [-0.39, 0.29) is 5.91 Å². The lowest BCUT2D eigenvalue weighted by molar-refractivity contribution is -0.111. The smallest absolute Gasteiger partial charge is 0.248 e. The third-order valence-corrected chi connectivity index (χ3v) is 4.32. The molecule has 0 spiro atoms. The minimum Gasteiger partial charge on any atom is -0.465 e. The van der Waals surface area contributed by atoms with Crippen LogP contribution in [-0.2, 0) is 4.79 Å². The number of benzene rings is 1. The van der Waals surface area contributed by atoms with Gasteiger partial charge in [0.15, 0.2) is 0 Å². The second kappa shape index (κ2) is 6.17. The van der Waals surface area contributed by atoms with Gasteiger partial charge in [0.1, 0.15) is 11.6 Å². The van der Waals surface area contributed by atoms with Crippen LogP contribution in [0.25, 0.3) is 27.8 Å². The number of nitrogens with one attached hydrogen (secondary N) is 2. The van der Waals surface area contributed by atoms with Gasteiger partial charge in [-0.1, -0.05) is 6.07 Å². The van der Waals surface area contributed by atoms with Gasteiger partial charge in [-0.05, 0) is 47.9 Å². The maximum Gasteiger partial charge on any atom is 0.248 e. The van der Waals surface area contributed by atoms with E-state index in [1.807, 2.05) is 35.7 Å². The van der Waals surface area contributed by atoms with Crippen LogP contribution < -0.4 is 5.32 Å². The first kappa shape index (κ1) is 14.5. The highest BCUT2D eigenvalue weighted by molar-refractivity contribution is 7.13. The van der Waals surface area contributed by atoms with Crippen LogP contribution in [-0.4, -0.2) is 15.9 Å². The summed E-state index contributed by atoms with van der Waals surface area (Å²) in [4.78, 5) is 20.9. The number of carbonyl (C=O) groups is 1. The number of aromatic amines is 1. The molecule has 0 fully saturated rings. The number of hydrogen-bond donors (Lipinski definition) is 2. The van der Waals surface area contributed by atoms with E-state index in [1.165, 1.54) is 6.08 Å².